The van der Waals surface area contributed by atoms with Gasteiger partial charge in [-0.25, -0.2) is 0 Å². The smallest absolute Gasteiger partial charge is 0.109 e. The van der Waals surface area contributed by atoms with Crippen LogP contribution in [-0.2, 0) is 0 Å². The standard InChI is InChI=1S/C14H10ClNO/c1-10-12(7-8-17-10)14(15)13(9-16)11-5-3-2-4-6-11/h2-8H,1H3. The van der Waals surface area contributed by atoms with Crippen LogP contribution in [0.1, 0.15) is 16.9 Å². The Morgan fingerprint density at radius 2 is 1.94 bits per heavy atom. The summed E-state index contributed by atoms with van der Waals surface area (Å²) in [5.41, 5.74) is 2.02. The molecule has 17 heavy (non-hydrogen) atoms. The molecule has 0 aliphatic rings. The summed E-state index contributed by atoms with van der Waals surface area (Å²) in [7, 11) is 0. The highest BCUT2D eigenvalue weighted by Crippen LogP contribution is 2.31. The van der Waals surface area contributed by atoms with E-state index in [9.17, 15) is 5.26 Å². The van der Waals surface area contributed by atoms with Crippen molar-refractivity contribution < 1.29 is 4.42 Å². The molecule has 1 heterocycles. The normalized spacial score (nSPS) is 11.8. The van der Waals surface area contributed by atoms with Gasteiger partial charge in [0.05, 0.1) is 16.9 Å². The first kappa shape index (κ1) is 11.5. The highest BCUT2D eigenvalue weighted by molar-refractivity contribution is 6.53. The van der Waals surface area contributed by atoms with Crippen LogP contribution >= 0.6 is 11.6 Å². The van der Waals surface area contributed by atoms with Gasteiger partial charge in [-0.05, 0) is 18.6 Å². The van der Waals surface area contributed by atoms with Gasteiger partial charge in [0.25, 0.3) is 0 Å². The molecule has 0 spiro atoms. The Labute approximate surface area is 105 Å². The Morgan fingerprint density at radius 3 is 2.47 bits per heavy atom. The van der Waals surface area contributed by atoms with Gasteiger partial charge in [-0.1, -0.05) is 41.9 Å². The highest BCUT2D eigenvalue weighted by Gasteiger charge is 2.12. The van der Waals surface area contributed by atoms with Crippen LogP contribution < -0.4 is 0 Å². The number of furan rings is 1. The van der Waals surface area contributed by atoms with E-state index < -0.39 is 0 Å². The quantitative estimate of drug-likeness (QED) is 0.741. The van der Waals surface area contributed by atoms with Gasteiger partial charge in [0.2, 0.25) is 0 Å². The molecule has 0 aliphatic heterocycles. The van der Waals surface area contributed by atoms with Crippen LogP contribution in [-0.4, -0.2) is 0 Å². The number of nitrogens with zero attached hydrogens (tertiary/aromatic N) is 1. The van der Waals surface area contributed by atoms with Crippen molar-refractivity contribution in [3.05, 3.63) is 59.5 Å². The fourth-order valence-electron chi connectivity index (χ4n) is 1.59. The second kappa shape index (κ2) is 4.90. The number of nitriles is 1. The van der Waals surface area contributed by atoms with Crippen molar-refractivity contribution in [2.24, 2.45) is 0 Å². The van der Waals surface area contributed by atoms with Crippen molar-refractivity contribution in [2.45, 2.75) is 6.92 Å². The Hall–Kier alpha value is -1.98. The molecular weight excluding hydrogens is 234 g/mol. The van der Waals surface area contributed by atoms with Crippen molar-refractivity contribution in [3.63, 3.8) is 0 Å². The van der Waals surface area contributed by atoms with E-state index in [0.29, 0.717) is 16.4 Å². The molecule has 0 amide bonds. The molecule has 1 aromatic carbocycles. The molecule has 1 aromatic heterocycles. The van der Waals surface area contributed by atoms with E-state index in [4.69, 9.17) is 16.0 Å². The zero-order chi connectivity index (χ0) is 12.3. The fourth-order valence-corrected chi connectivity index (χ4v) is 1.94. The van der Waals surface area contributed by atoms with Crippen molar-refractivity contribution in [1.29, 1.82) is 5.26 Å². The van der Waals surface area contributed by atoms with Gasteiger partial charge >= 0.3 is 0 Å². The van der Waals surface area contributed by atoms with Gasteiger partial charge in [0.1, 0.15) is 11.8 Å². The van der Waals surface area contributed by atoms with E-state index >= 15 is 0 Å². The van der Waals surface area contributed by atoms with Gasteiger partial charge in [-0.15, -0.1) is 0 Å². The number of allylic oxidation sites excluding steroid dienone is 1. The molecule has 0 saturated heterocycles. The molecule has 0 aliphatic carbocycles. The largest absolute Gasteiger partial charge is 0.469 e. The first-order chi connectivity index (χ1) is 8.24. The van der Waals surface area contributed by atoms with Crippen LogP contribution in [0.4, 0.5) is 0 Å². The second-order valence-corrected chi connectivity index (χ2v) is 3.94. The van der Waals surface area contributed by atoms with E-state index in [1.165, 1.54) is 0 Å². The zero-order valence-electron chi connectivity index (χ0n) is 9.27. The van der Waals surface area contributed by atoms with Gasteiger partial charge < -0.3 is 4.42 Å². The molecule has 0 atom stereocenters. The Morgan fingerprint density at radius 1 is 1.24 bits per heavy atom. The summed E-state index contributed by atoms with van der Waals surface area (Å²) < 4.78 is 5.19. The molecule has 84 valence electrons. The van der Waals surface area contributed by atoms with E-state index in [1.54, 1.807) is 12.3 Å². The lowest BCUT2D eigenvalue weighted by Gasteiger charge is -2.02. The molecule has 2 nitrogen and oxygen atoms in total. The fraction of sp³-hybridized carbons (Fsp3) is 0.0714. The molecule has 0 N–H and O–H groups in total. The van der Waals surface area contributed by atoms with Crippen molar-refractivity contribution in [1.82, 2.24) is 0 Å². The van der Waals surface area contributed by atoms with Crippen LogP contribution in [0.3, 0.4) is 0 Å². The lowest BCUT2D eigenvalue weighted by molar-refractivity contribution is 0.533. The lowest BCUT2D eigenvalue weighted by atomic mass is 10.0. The summed E-state index contributed by atoms with van der Waals surface area (Å²) in [6.45, 7) is 1.82. The topological polar surface area (TPSA) is 36.9 Å². The van der Waals surface area contributed by atoms with E-state index in [2.05, 4.69) is 6.07 Å². The van der Waals surface area contributed by atoms with Gasteiger partial charge in [-0.3, -0.25) is 0 Å². The maximum Gasteiger partial charge on any atom is 0.109 e. The minimum absolute atomic E-state index is 0.421. The molecule has 2 rings (SSSR count). The van der Waals surface area contributed by atoms with E-state index in [-0.39, 0.29) is 0 Å². The van der Waals surface area contributed by atoms with Gasteiger partial charge in [0, 0.05) is 5.56 Å². The SMILES string of the molecule is Cc1occc1C(Cl)=C(C#N)c1ccccc1. The van der Waals surface area contributed by atoms with Crippen molar-refractivity contribution in [2.75, 3.05) is 0 Å². The molecule has 0 bridgehead atoms. The van der Waals surface area contributed by atoms with Crippen molar-refractivity contribution in [3.8, 4) is 6.07 Å². The average molecular weight is 244 g/mol. The number of hydrogen-bond acceptors (Lipinski definition) is 2. The zero-order valence-corrected chi connectivity index (χ0v) is 10.0. The van der Waals surface area contributed by atoms with E-state index in [1.807, 2.05) is 37.3 Å². The molecule has 0 fully saturated rings. The number of halogens is 1. The third kappa shape index (κ3) is 2.25. The Balaban J connectivity index is 2.57. The number of aryl methyl sites for hydroxylation is 1. The molecular formula is C14H10ClNO. The predicted molar refractivity (Wildman–Crippen MR) is 68.2 cm³/mol. The molecule has 0 saturated carbocycles. The first-order valence-electron chi connectivity index (χ1n) is 5.14. The minimum Gasteiger partial charge on any atom is -0.469 e. The summed E-state index contributed by atoms with van der Waals surface area (Å²) in [5, 5.41) is 9.64. The molecule has 0 radical (unpaired) electrons. The highest BCUT2D eigenvalue weighted by atomic mass is 35.5. The third-order valence-corrected chi connectivity index (χ3v) is 2.88. The summed E-state index contributed by atoms with van der Waals surface area (Å²) in [6, 6.07) is 13.3. The van der Waals surface area contributed by atoms with Crippen LogP contribution in [0.25, 0.3) is 10.6 Å². The minimum atomic E-state index is 0.421. The Kier molecular flexibility index (Phi) is 3.32. The summed E-state index contributed by atoms with van der Waals surface area (Å²) >= 11 is 6.25. The van der Waals surface area contributed by atoms with Crippen LogP contribution in [0, 0.1) is 18.3 Å². The number of hydrogen-bond donors (Lipinski definition) is 0. The number of rotatable bonds is 2. The predicted octanol–water partition coefficient (Wildman–Crippen LogP) is 4.22. The van der Waals surface area contributed by atoms with Crippen molar-refractivity contribution >= 4 is 22.2 Å². The average Bonchev–Trinajstić information content (AvgIpc) is 2.77. The summed E-state index contributed by atoms with van der Waals surface area (Å²) in [6.07, 6.45) is 1.56. The summed E-state index contributed by atoms with van der Waals surface area (Å²) in [4.78, 5) is 0. The lowest BCUT2D eigenvalue weighted by Crippen LogP contribution is -1.85. The maximum absolute atomic E-state index is 9.22. The second-order valence-electron chi connectivity index (χ2n) is 3.56. The van der Waals surface area contributed by atoms with Crippen LogP contribution in [0.5, 0.6) is 0 Å². The van der Waals surface area contributed by atoms with Crippen LogP contribution in [0.2, 0.25) is 0 Å². The van der Waals surface area contributed by atoms with E-state index in [0.717, 1.165) is 11.1 Å². The monoisotopic (exact) mass is 243 g/mol. The summed E-state index contributed by atoms with van der Waals surface area (Å²) in [5.74, 6) is 0.707. The van der Waals surface area contributed by atoms with Crippen LogP contribution in [0.15, 0.2) is 47.1 Å². The van der Waals surface area contributed by atoms with Gasteiger partial charge in [-0.2, -0.15) is 5.26 Å². The Bertz CT molecular complexity index is 590. The third-order valence-electron chi connectivity index (χ3n) is 2.49. The molecule has 2 aromatic rings. The van der Waals surface area contributed by atoms with Gasteiger partial charge in [0.15, 0.2) is 0 Å². The first-order valence-corrected chi connectivity index (χ1v) is 5.51. The molecule has 3 heteroatoms. The number of benzene rings is 1. The molecule has 0 unspecified atom stereocenters. The maximum atomic E-state index is 9.22.